The number of ether oxygens (including phenoxy) is 1. The van der Waals surface area contributed by atoms with Crippen molar-refractivity contribution in [3.8, 4) is 0 Å². The van der Waals surface area contributed by atoms with Gasteiger partial charge in [0.1, 0.15) is 0 Å². The molecule has 1 aromatic rings. The molecule has 0 spiro atoms. The number of nitrogens with two attached hydrogens (primary N) is 1. The highest BCUT2D eigenvalue weighted by Gasteiger charge is 2.23. The molecule has 0 aliphatic carbocycles. The van der Waals surface area contributed by atoms with Crippen molar-refractivity contribution in [1.82, 2.24) is 10.2 Å². The van der Waals surface area contributed by atoms with Gasteiger partial charge in [0.05, 0.1) is 17.9 Å². The average Bonchev–Trinajstić information content (AvgIpc) is 2.73. The number of nitrogens with zero attached hydrogens (tertiary/aromatic N) is 2. The van der Waals surface area contributed by atoms with E-state index in [0.29, 0.717) is 16.1 Å². The van der Waals surface area contributed by atoms with Gasteiger partial charge < -0.3 is 10.5 Å². The van der Waals surface area contributed by atoms with Crippen LogP contribution in [0.4, 0.5) is 5.13 Å². The molecule has 19 heavy (non-hydrogen) atoms. The van der Waals surface area contributed by atoms with Crippen molar-refractivity contribution in [3.05, 3.63) is 0 Å². The van der Waals surface area contributed by atoms with Crippen molar-refractivity contribution in [1.29, 1.82) is 0 Å². The normalized spacial score (nSPS) is 11.2. The van der Waals surface area contributed by atoms with Crippen LogP contribution in [0.15, 0.2) is 4.34 Å². The van der Waals surface area contributed by atoms with Crippen molar-refractivity contribution in [2.75, 3.05) is 17.7 Å². The maximum atomic E-state index is 11.6. The number of thioether (sulfide) groups is 1. The molecular weight excluding hydrogens is 288 g/mol. The molecular formula is C10H16N4O3S2. The predicted molar refractivity (Wildman–Crippen MR) is 74.2 cm³/mol. The van der Waals surface area contributed by atoms with Crippen molar-refractivity contribution in [2.24, 2.45) is 5.73 Å². The molecule has 0 saturated carbocycles. The van der Waals surface area contributed by atoms with Gasteiger partial charge in [-0.1, -0.05) is 23.1 Å². The van der Waals surface area contributed by atoms with Crippen LogP contribution in [0.5, 0.6) is 0 Å². The second-order valence-corrected chi connectivity index (χ2v) is 6.34. The van der Waals surface area contributed by atoms with E-state index in [1.54, 1.807) is 20.8 Å². The highest BCUT2D eigenvalue weighted by Crippen LogP contribution is 2.25. The molecule has 1 amide bonds. The predicted octanol–water partition coefficient (Wildman–Crippen LogP) is 0.869. The lowest BCUT2D eigenvalue weighted by Gasteiger charge is -2.15. The van der Waals surface area contributed by atoms with Gasteiger partial charge in [-0.3, -0.25) is 14.9 Å². The van der Waals surface area contributed by atoms with E-state index in [4.69, 9.17) is 10.5 Å². The van der Waals surface area contributed by atoms with E-state index in [2.05, 4.69) is 15.5 Å². The van der Waals surface area contributed by atoms with Gasteiger partial charge in [-0.25, -0.2) is 0 Å². The highest BCUT2D eigenvalue weighted by molar-refractivity contribution is 8.01. The number of carbonyl (C=O) groups excluding carboxylic acids is 2. The maximum absolute atomic E-state index is 11.6. The second-order valence-electron chi connectivity index (χ2n) is 4.14. The molecule has 0 fully saturated rings. The van der Waals surface area contributed by atoms with Gasteiger partial charge in [-0.15, -0.1) is 10.2 Å². The zero-order chi connectivity index (χ0) is 14.5. The van der Waals surface area contributed by atoms with Crippen LogP contribution in [-0.4, -0.2) is 40.0 Å². The third-order valence-corrected chi connectivity index (χ3v) is 3.78. The van der Waals surface area contributed by atoms with E-state index >= 15 is 0 Å². The highest BCUT2D eigenvalue weighted by atomic mass is 32.2. The Morgan fingerprint density at radius 2 is 2.16 bits per heavy atom. The minimum atomic E-state index is -0.982. The third kappa shape index (κ3) is 5.53. The lowest BCUT2D eigenvalue weighted by atomic mass is 10.1. The number of nitrogens with one attached hydrogen (secondary N) is 1. The minimum absolute atomic E-state index is 0.165. The van der Waals surface area contributed by atoms with Gasteiger partial charge in [0.15, 0.2) is 4.34 Å². The number of hydrogen-bond acceptors (Lipinski definition) is 8. The molecule has 1 heterocycles. The van der Waals surface area contributed by atoms with Crippen LogP contribution in [0.1, 0.15) is 20.8 Å². The Balaban J connectivity index is 2.49. The molecule has 1 rings (SSSR count). The number of amides is 1. The SMILES string of the molecule is CCOC(=O)CSc1nnc(NC(=O)C(C)(C)N)s1. The first kappa shape index (κ1) is 15.9. The van der Waals surface area contributed by atoms with Gasteiger partial charge in [0.2, 0.25) is 11.0 Å². The van der Waals surface area contributed by atoms with Crippen molar-refractivity contribution in [2.45, 2.75) is 30.6 Å². The lowest BCUT2D eigenvalue weighted by Crippen LogP contribution is -2.45. The van der Waals surface area contributed by atoms with Crippen LogP contribution in [0, 0.1) is 0 Å². The van der Waals surface area contributed by atoms with Gasteiger partial charge in [0, 0.05) is 0 Å². The zero-order valence-corrected chi connectivity index (χ0v) is 12.6. The Hall–Kier alpha value is -1.19. The van der Waals surface area contributed by atoms with Crippen LogP contribution >= 0.6 is 23.1 Å². The fourth-order valence-electron chi connectivity index (χ4n) is 0.900. The van der Waals surface area contributed by atoms with Gasteiger partial charge in [0.25, 0.3) is 0 Å². The second kappa shape index (κ2) is 6.83. The third-order valence-electron chi connectivity index (χ3n) is 1.83. The Labute approximate surface area is 119 Å². The summed E-state index contributed by atoms with van der Waals surface area (Å²) in [4.78, 5) is 22.8. The Morgan fingerprint density at radius 1 is 1.47 bits per heavy atom. The van der Waals surface area contributed by atoms with Crippen LogP contribution in [0.2, 0.25) is 0 Å². The molecule has 7 nitrogen and oxygen atoms in total. The molecule has 0 radical (unpaired) electrons. The number of anilines is 1. The van der Waals surface area contributed by atoms with E-state index in [-0.39, 0.29) is 17.6 Å². The molecule has 9 heteroatoms. The summed E-state index contributed by atoms with van der Waals surface area (Å²) in [6, 6.07) is 0. The van der Waals surface area contributed by atoms with Crippen molar-refractivity contribution in [3.63, 3.8) is 0 Å². The molecule has 0 unspecified atom stereocenters. The summed E-state index contributed by atoms with van der Waals surface area (Å²) in [5.41, 5.74) is 4.66. The molecule has 0 atom stereocenters. The van der Waals surface area contributed by atoms with Gasteiger partial charge in [-0.2, -0.15) is 0 Å². The van der Waals surface area contributed by atoms with Gasteiger partial charge >= 0.3 is 5.97 Å². The summed E-state index contributed by atoms with van der Waals surface area (Å²) >= 11 is 2.39. The fourth-order valence-corrected chi connectivity index (χ4v) is 2.45. The summed E-state index contributed by atoms with van der Waals surface area (Å²) in [7, 11) is 0. The lowest BCUT2D eigenvalue weighted by molar-refractivity contribution is -0.139. The number of esters is 1. The summed E-state index contributed by atoms with van der Waals surface area (Å²) < 4.78 is 5.37. The van der Waals surface area contributed by atoms with Crippen LogP contribution < -0.4 is 11.1 Å². The number of aromatic nitrogens is 2. The largest absolute Gasteiger partial charge is 0.465 e. The van der Waals surface area contributed by atoms with Crippen LogP contribution in [0.25, 0.3) is 0 Å². The van der Waals surface area contributed by atoms with Crippen molar-refractivity contribution < 1.29 is 14.3 Å². The molecule has 0 saturated heterocycles. The molecule has 3 N–H and O–H groups in total. The monoisotopic (exact) mass is 304 g/mol. The Kier molecular flexibility index (Phi) is 5.70. The van der Waals surface area contributed by atoms with Crippen molar-refractivity contribution >= 4 is 40.1 Å². The molecule has 0 bridgehead atoms. The summed E-state index contributed by atoms with van der Waals surface area (Å²) in [6.45, 7) is 5.29. The summed E-state index contributed by atoms with van der Waals surface area (Å²) in [5, 5.41) is 10.6. The summed E-state index contributed by atoms with van der Waals surface area (Å²) in [5.74, 6) is -0.485. The topological polar surface area (TPSA) is 107 Å². The van der Waals surface area contributed by atoms with Crippen LogP contribution in [0.3, 0.4) is 0 Å². The Bertz CT molecular complexity index is 456. The maximum Gasteiger partial charge on any atom is 0.316 e. The quantitative estimate of drug-likeness (QED) is 0.456. The van der Waals surface area contributed by atoms with E-state index in [9.17, 15) is 9.59 Å². The van der Waals surface area contributed by atoms with E-state index in [1.165, 1.54) is 23.1 Å². The molecule has 0 aliphatic heterocycles. The smallest absolute Gasteiger partial charge is 0.316 e. The number of hydrogen-bond donors (Lipinski definition) is 2. The fraction of sp³-hybridized carbons (Fsp3) is 0.600. The van der Waals surface area contributed by atoms with E-state index in [0.717, 1.165) is 0 Å². The first-order chi connectivity index (χ1) is 8.82. The molecule has 106 valence electrons. The standard InChI is InChI=1S/C10H16N4O3S2/c1-4-17-6(15)5-18-9-14-13-8(19-9)12-7(16)10(2,3)11/h4-5,11H2,1-3H3,(H,12,13,16). The molecule has 0 aliphatic rings. The van der Waals surface area contributed by atoms with E-state index < -0.39 is 5.54 Å². The average molecular weight is 304 g/mol. The minimum Gasteiger partial charge on any atom is -0.465 e. The zero-order valence-electron chi connectivity index (χ0n) is 10.9. The van der Waals surface area contributed by atoms with E-state index in [1.807, 2.05) is 0 Å². The first-order valence-corrected chi connectivity index (χ1v) is 7.35. The molecule has 1 aromatic heterocycles. The first-order valence-electron chi connectivity index (χ1n) is 5.55. The van der Waals surface area contributed by atoms with Crippen LogP contribution in [-0.2, 0) is 14.3 Å². The number of rotatable bonds is 6. The Morgan fingerprint density at radius 3 is 2.74 bits per heavy atom. The number of carbonyl (C=O) groups is 2. The van der Waals surface area contributed by atoms with Gasteiger partial charge in [-0.05, 0) is 20.8 Å². The molecule has 0 aromatic carbocycles. The summed E-state index contributed by atoms with van der Waals surface area (Å²) in [6.07, 6.45) is 0.